The predicted octanol–water partition coefficient (Wildman–Crippen LogP) is 2.50. The molecule has 6 nitrogen and oxygen atoms in total. The third-order valence-electron chi connectivity index (χ3n) is 2.88. The summed E-state index contributed by atoms with van der Waals surface area (Å²) >= 11 is 1.26. The Labute approximate surface area is 138 Å². The van der Waals surface area contributed by atoms with Crippen molar-refractivity contribution < 1.29 is 19.1 Å². The lowest BCUT2D eigenvalue weighted by Gasteiger charge is -2.02. The van der Waals surface area contributed by atoms with Crippen molar-refractivity contribution in [3.05, 3.63) is 35.2 Å². The molecular weight excluding hydrogens is 316 g/mol. The van der Waals surface area contributed by atoms with E-state index in [1.165, 1.54) is 18.4 Å². The molecule has 0 atom stereocenters. The summed E-state index contributed by atoms with van der Waals surface area (Å²) in [7, 11) is 1.45. The lowest BCUT2D eigenvalue weighted by Crippen LogP contribution is -2.16. The number of aromatic nitrogens is 1. The number of methoxy groups -OCH3 is 1. The number of anilines is 1. The van der Waals surface area contributed by atoms with Crippen molar-refractivity contribution in [3.63, 3.8) is 0 Å². The van der Waals surface area contributed by atoms with Gasteiger partial charge in [-0.2, -0.15) is 0 Å². The minimum atomic E-state index is -0.317. The molecular formula is C16H18N2O4S. The van der Waals surface area contributed by atoms with Crippen LogP contribution in [0.15, 0.2) is 30.3 Å². The highest BCUT2D eigenvalue weighted by Gasteiger charge is 2.17. The summed E-state index contributed by atoms with van der Waals surface area (Å²) in [5.41, 5.74) is 1.56. The summed E-state index contributed by atoms with van der Waals surface area (Å²) < 4.78 is 9.78. The molecule has 0 unspecified atom stereocenters. The summed E-state index contributed by atoms with van der Waals surface area (Å²) in [5.74, 6) is -0.605. The fourth-order valence-electron chi connectivity index (χ4n) is 1.98. The average Bonchev–Trinajstić information content (AvgIpc) is 2.90. The fraction of sp³-hybridized carbons (Fsp3) is 0.312. The largest absolute Gasteiger partial charge is 0.466 e. The third-order valence-corrected chi connectivity index (χ3v) is 3.85. The topological polar surface area (TPSA) is 77.5 Å². The number of benzene rings is 1. The summed E-state index contributed by atoms with van der Waals surface area (Å²) in [6.07, 6.45) is 0.121. The summed E-state index contributed by atoms with van der Waals surface area (Å²) in [6.45, 7) is 2.04. The molecule has 0 radical (unpaired) electrons. The SMILES string of the molecule is CCOC(=O)Cc1sc(NC(=O)COC)nc1-c1ccccc1. The van der Waals surface area contributed by atoms with Crippen LogP contribution in [-0.4, -0.2) is 37.2 Å². The van der Waals surface area contributed by atoms with Crippen molar-refractivity contribution in [1.82, 2.24) is 4.98 Å². The second-order valence-corrected chi connectivity index (χ2v) is 5.70. The van der Waals surface area contributed by atoms with Crippen molar-refractivity contribution in [2.45, 2.75) is 13.3 Å². The van der Waals surface area contributed by atoms with Crippen molar-refractivity contribution in [2.75, 3.05) is 25.6 Å². The number of nitrogens with zero attached hydrogens (tertiary/aromatic N) is 1. The number of hydrogen-bond donors (Lipinski definition) is 1. The smallest absolute Gasteiger partial charge is 0.311 e. The summed E-state index contributed by atoms with van der Waals surface area (Å²) in [6, 6.07) is 9.51. The minimum absolute atomic E-state index is 0.0482. The van der Waals surface area contributed by atoms with Crippen LogP contribution < -0.4 is 5.32 Å². The molecule has 0 saturated carbocycles. The third kappa shape index (κ3) is 4.87. The first-order valence-corrected chi connectivity index (χ1v) is 7.95. The zero-order valence-corrected chi connectivity index (χ0v) is 13.8. The zero-order chi connectivity index (χ0) is 16.7. The van der Waals surface area contributed by atoms with Crippen LogP contribution in [0.5, 0.6) is 0 Å². The van der Waals surface area contributed by atoms with Gasteiger partial charge in [-0.15, -0.1) is 11.3 Å². The van der Waals surface area contributed by atoms with Gasteiger partial charge in [0.05, 0.1) is 18.7 Å². The number of amides is 1. The molecule has 2 rings (SSSR count). The molecule has 0 aliphatic heterocycles. The number of thiazole rings is 1. The van der Waals surface area contributed by atoms with E-state index in [-0.39, 0.29) is 24.9 Å². The molecule has 122 valence electrons. The number of nitrogens with one attached hydrogen (secondary N) is 1. The van der Waals surface area contributed by atoms with Crippen molar-refractivity contribution in [3.8, 4) is 11.3 Å². The second kappa shape index (κ2) is 8.40. The van der Waals surface area contributed by atoms with E-state index in [1.807, 2.05) is 30.3 Å². The van der Waals surface area contributed by atoms with Gasteiger partial charge in [0, 0.05) is 17.6 Å². The van der Waals surface area contributed by atoms with Crippen molar-refractivity contribution >= 4 is 28.3 Å². The van der Waals surface area contributed by atoms with Gasteiger partial charge in [-0.1, -0.05) is 30.3 Å². The average molecular weight is 334 g/mol. The molecule has 1 heterocycles. The number of rotatable bonds is 7. The Hall–Kier alpha value is -2.25. The Morgan fingerprint density at radius 1 is 1.26 bits per heavy atom. The number of esters is 1. The Bertz CT molecular complexity index is 670. The predicted molar refractivity (Wildman–Crippen MR) is 88.4 cm³/mol. The zero-order valence-electron chi connectivity index (χ0n) is 13.0. The maximum atomic E-state index is 11.8. The Kier molecular flexibility index (Phi) is 6.25. The van der Waals surface area contributed by atoms with Gasteiger partial charge in [0.25, 0.3) is 5.91 Å². The molecule has 0 saturated heterocycles. The standard InChI is InChI=1S/C16H18N2O4S/c1-3-22-14(20)9-12-15(11-7-5-4-6-8-11)18-16(23-12)17-13(19)10-21-2/h4-8H,3,9-10H2,1-2H3,(H,17,18,19). The molecule has 1 aromatic heterocycles. The van der Waals surface area contributed by atoms with Gasteiger partial charge < -0.3 is 9.47 Å². The molecule has 1 amide bonds. The lowest BCUT2D eigenvalue weighted by atomic mass is 10.1. The van der Waals surface area contributed by atoms with Crippen LogP contribution in [0.4, 0.5) is 5.13 Å². The maximum absolute atomic E-state index is 11.8. The first-order valence-electron chi connectivity index (χ1n) is 7.13. The number of carbonyl (C=O) groups is 2. The highest BCUT2D eigenvalue weighted by molar-refractivity contribution is 7.16. The van der Waals surface area contributed by atoms with E-state index in [0.717, 1.165) is 10.4 Å². The van der Waals surface area contributed by atoms with E-state index in [1.54, 1.807) is 6.92 Å². The Morgan fingerprint density at radius 3 is 2.65 bits per heavy atom. The van der Waals surface area contributed by atoms with Gasteiger partial charge in [-0.25, -0.2) is 4.98 Å². The fourth-order valence-corrected chi connectivity index (χ4v) is 2.96. The monoisotopic (exact) mass is 334 g/mol. The van der Waals surface area contributed by atoms with Crippen LogP contribution in [0.25, 0.3) is 11.3 Å². The molecule has 0 aliphatic rings. The van der Waals surface area contributed by atoms with E-state index in [9.17, 15) is 9.59 Å². The van der Waals surface area contributed by atoms with E-state index in [2.05, 4.69) is 10.3 Å². The molecule has 2 aromatic rings. The summed E-state index contributed by atoms with van der Waals surface area (Å²) in [5, 5.41) is 3.11. The number of hydrogen-bond acceptors (Lipinski definition) is 6. The van der Waals surface area contributed by atoms with Gasteiger partial charge in [-0.05, 0) is 6.92 Å². The molecule has 1 N–H and O–H groups in total. The van der Waals surface area contributed by atoms with Crippen molar-refractivity contribution in [2.24, 2.45) is 0 Å². The molecule has 1 aromatic carbocycles. The Morgan fingerprint density at radius 2 is 2.00 bits per heavy atom. The highest BCUT2D eigenvalue weighted by atomic mass is 32.1. The van der Waals surface area contributed by atoms with Crippen LogP contribution in [0.1, 0.15) is 11.8 Å². The van der Waals surface area contributed by atoms with E-state index >= 15 is 0 Å². The minimum Gasteiger partial charge on any atom is -0.466 e. The molecule has 0 fully saturated rings. The normalized spacial score (nSPS) is 10.3. The van der Waals surface area contributed by atoms with E-state index < -0.39 is 0 Å². The van der Waals surface area contributed by atoms with Crippen molar-refractivity contribution in [1.29, 1.82) is 0 Å². The molecule has 0 aliphatic carbocycles. The first kappa shape index (κ1) is 17.1. The first-order chi connectivity index (χ1) is 11.1. The van der Waals surface area contributed by atoms with Crippen LogP contribution in [0.3, 0.4) is 0 Å². The maximum Gasteiger partial charge on any atom is 0.311 e. The highest BCUT2D eigenvalue weighted by Crippen LogP contribution is 2.31. The lowest BCUT2D eigenvalue weighted by molar-refractivity contribution is -0.142. The molecule has 0 spiro atoms. The van der Waals surface area contributed by atoms with Gasteiger partial charge >= 0.3 is 5.97 Å². The second-order valence-electron chi connectivity index (χ2n) is 4.62. The van der Waals surface area contributed by atoms with Crippen LogP contribution >= 0.6 is 11.3 Å². The van der Waals surface area contributed by atoms with Gasteiger partial charge in [0.15, 0.2) is 5.13 Å². The number of carbonyl (C=O) groups excluding carboxylic acids is 2. The van der Waals surface area contributed by atoms with E-state index in [4.69, 9.17) is 9.47 Å². The Balaban J connectivity index is 2.28. The van der Waals surface area contributed by atoms with Gasteiger partial charge in [0.1, 0.15) is 6.61 Å². The van der Waals surface area contributed by atoms with E-state index in [0.29, 0.717) is 17.4 Å². The van der Waals surface area contributed by atoms with Crippen LogP contribution in [0, 0.1) is 0 Å². The molecule has 0 bridgehead atoms. The van der Waals surface area contributed by atoms with Gasteiger partial charge in [-0.3, -0.25) is 14.9 Å². The molecule has 23 heavy (non-hydrogen) atoms. The number of ether oxygens (including phenoxy) is 2. The van der Waals surface area contributed by atoms with Crippen LogP contribution in [0.2, 0.25) is 0 Å². The summed E-state index contributed by atoms with van der Waals surface area (Å²) in [4.78, 5) is 28.6. The quantitative estimate of drug-likeness (QED) is 0.787. The van der Waals surface area contributed by atoms with Gasteiger partial charge in [0.2, 0.25) is 0 Å². The molecule has 7 heteroatoms. The van der Waals surface area contributed by atoms with Crippen LogP contribution in [-0.2, 0) is 25.5 Å².